The van der Waals surface area contributed by atoms with Crippen molar-refractivity contribution in [2.45, 2.75) is 38.5 Å². The molecule has 0 bridgehead atoms. The average molecular weight is 461 g/mol. The summed E-state index contributed by atoms with van der Waals surface area (Å²) in [6.07, 6.45) is -0.289. The van der Waals surface area contributed by atoms with Crippen molar-refractivity contribution in [2.75, 3.05) is 6.54 Å². The number of benzene rings is 2. The van der Waals surface area contributed by atoms with E-state index in [1.165, 1.54) is 4.90 Å². The number of nitrogens with zero attached hydrogens (tertiary/aromatic N) is 3. The SMILES string of the molecule is Cc1ncsc1-c1ccc(CN(C(=O)c2ccccc2CC#N)C(=O)[C@@H]2C[C@@H](O)CN2)cc1. The number of aliphatic hydroxyl groups is 1. The molecule has 4 rings (SSSR count). The molecule has 1 aliphatic rings. The van der Waals surface area contributed by atoms with Crippen molar-refractivity contribution in [3.05, 3.63) is 76.4 Å². The second kappa shape index (κ2) is 10.0. The molecule has 0 unspecified atom stereocenters. The number of nitriles is 1. The summed E-state index contributed by atoms with van der Waals surface area (Å²) in [4.78, 5) is 33.5. The Hall–Kier alpha value is -3.38. The van der Waals surface area contributed by atoms with Crippen LogP contribution in [0.25, 0.3) is 10.4 Å². The topological polar surface area (TPSA) is 106 Å². The first-order chi connectivity index (χ1) is 16.0. The quantitative estimate of drug-likeness (QED) is 0.548. The lowest BCUT2D eigenvalue weighted by Crippen LogP contribution is -2.46. The number of hydrogen-bond donors (Lipinski definition) is 2. The first kappa shape index (κ1) is 22.8. The zero-order chi connectivity index (χ0) is 23.4. The summed E-state index contributed by atoms with van der Waals surface area (Å²) in [7, 11) is 0. The number of nitrogens with one attached hydrogen (secondary N) is 1. The third-order valence-corrected chi connectivity index (χ3v) is 6.71. The molecule has 1 aromatic heterocycles. The van der Waals surface area contributed by atoms with Crippen molar-refractivity contribution in [1.82, 2.24) is 15.2 Å². The first-order valence-electron chi connectivity index (χ1n) is 10.7. The number of rotatable bonds is 6. The van der Waals surface area contributed by atoms with Crippen LogP contribution in [0, 0.1) is 18.3 Å². The normalized spacial score (nSPS) is 17.5. The lowest BCUT2D eigenvalue weighted by atomic mass is 10.0. The van der Waals surface area contributed by atoms with E-state index >= 15 is 0 Å². The van der Waals surface area contributed by atoms with E-state index in [-0.39, 0.29) is 25.3 Å². The Morgan fingerprint density at radius 2 is 2.00 bits per heavy atom. The van der Waals surface area contributed by atoms with Crippen LogP contribution in [-0.2, 0) is 17.8 Å². The highest BCUT2D eigenvalue weighted by Crippen LogP contribution is 2.28. The number of amides is 2. The van der Waals surface area contributed by atoms with Crippen LogP contribution in [0.4, 0.5) is 0 Å². The molecule has 1 fully saturated rings. The molecule has 2 heterocycles. The number of hydrogen-bond acceptors (Lipinski definition) is 7. The Labute approximate surface area is 196 Å². The fraction of sp³-hybridized carbons (Fsp3) is 0.280. The Balaban J connectivity index is 1.63. The summed E-state index contributed by atoms with van der Waals surface area (Å²) in [5, 5.41) is 22.0. The van der Waals surface area contributed by atoms with Crippen molar-refractivity contribution in [3.8, 4) is 16.5 Å². The minimum absolute atomic E-state index is 0.0766. The molecule has 168 valence electrons. The van der Waals surface area contributed by atoms with Crippen molar-refractivity contribution < 1.29 is 14.7 Å². The van der Waals surface area contributed by atoms with Crippen LogP contribution in [0.5, 0.6) is 0 Å². The Morgan fingerprint density at radius 3 is 2.64 bits per heavy atom. The van der Waals surface area contributed by atoms with Gasteiger partial charge in [0.25, 0.3) is 5.91 Å². The number of carbonyl (C=O) groups is 2. The molecular weight excluding hydrogens is 436 g/mol. The lowest BCUT2D eigenvalue weighted by molar-refractivity contribution is -0.131. The maximum Gasteiger partial charge on any atom is 0.261 e. The number of aliphatic hydroxyl groups excluding tert-OH is 1. The molecule has 0 aliphatic carbocycles. The van der Waals surface area contributed by atoms with E-state index in [0.717, 1.165) is 21.7 Å². The molecule has 33 heavy (non-hydrogen) atoms. The van der Waals surface area contributed by atoms with E-state index < -0.39 is 18.1 Å². The van der Waals surface area contributed by atoms with Crippen LogP contribution in [-0.4, -0.2) is 45.5 Å². The van der Waals surface area contributed by atoms with E-state index in [9.17, 15) is 14.7 Å². The zero-order valence-electron chi connectivity index (χ0n) is 18.2. The van der Waals surface area contributed by atoms with E-state index in [0.29, 0.717) is 17.7 Å². The monoisotopic (exact) mass is 460 g/mol. The van der Waals surface area contributed by atoms with Gasteiger partial charge in [0.15, 0.2) is 0 Å². The van der Waals surface area contributed by atoms with Gasteiger partial charge in [0.05, 0.1) is 47.3 Å². The highest BCUT2D eigenvalue weighted by Gasteiger charge is 2.35. The standard InChI is InChI=1S/C25H24N4O3S/c1-16-23(33-15-28-16)19-8-6-17(7-9-19)14-29(25(32)22-12-20(30)13-27-22)24(31)21-5-3-2-4-18(21)10-11-26/h2-9,15,20,22,27,30H,10,12-14H2,1H3/t20-,22+/m1/s1. The average Bonchev–Trinajstić information content (AvgIpc) is 3.46. The van der Waals surface area contributed by atoms with E-state index in [4.69, 9.17) is 5.26 Å². The van der Waals surface area contributed by atoms with Gasteiger partial charge in [-0.15, -0.1) is 11.3 Å². The van der Waals surface area contributed by atoms with Crippen LogP contribution in [0.15, 0.2) is 54.0 Å². The third-order valence-electron chi connectivity index (χ3n) is 5.74. The summed E-state index contributed by atoms with van der Waals surface area (Å²) in [5.74, 6) is -0.831. The van der Waals surface area contributed by atoms with E-state index in [1.54, 1.807) is 41.1 Å². The lowest BCUT2D eigenvalue weighted by Gasteiger charge is -2.25. The smallest absolute Gasteiger partial charge is 0.261 e. The highest BCUT2D eigenvalue weighted by atomic mass is 32.1. The molecule has 7 nitrogen and oxygen atoms in total. The van der Waals surface area contributed by atoms with Crippen LogP contribution >= 0.6 is 11.3 Å². The fourth-order valence-corrected chi connectivity index (χ4v) is 4.79. The second-order valence-corrected chi connectivity index (χ2v) is 8.89. The van der Waals surface area contributed by atoms with Gasteiger partial charge < -0.3 is 10.4 Å². The molecule has 1 aliphatic heterocycles. The largest absolute Gasteiger partial charge is 0.392 e. The second-order valence-electron chi connectivity index (χ2n) is 8.04. The predicted octanol–water partition coefficient (Wildman–Crippen LogP) is 3.08. The van der Waals surface area contributed by atoms with Gasteiger partial charge in [0.1, 0.15) is 0 Å². The molecular formula is C25H24N4O3S. The number of imide groups is 1. The number of aromatic nitrogens is 1. The van der Waals surface area contributed by atoms with Crippen molar-refractivity contribution in [2.24, 2.45) is 0 Å². The Morgan fingerprint density at radius 1 is 1.24 bits per heavy atom. The number of aryl methyl sites for hydroxylation is 1. The molecule has 1 saturated heterocycles. The van der Waals surface area contributed by atoms with Gasteiger partial charge >= 0.3 is 0 Å². The van der Waals surface area contributed by atoms with Crippen molar-refractivity contribution in [3.63, 3.8) is 0 Å². The number of thiazole rings is 1. The van der Waals surface area contributed by atoms with Crippen LogP contribution in [0.3, 0.4) is 0 Å². The highest BCUT2D eigenvalue weighted by molar-refractivity contribution is 7.13. The maximum absolute atomic E-state index is 13.5. The summed E-state index contributed by atoms with van der Waals surface area (Å²) < 4.78 is 0. The maximum atomic E-state index is 13.5. The molecule has 3 aromatic rings. The van der Waals surface area contributed by atoms with Gasteiger partial charge in [-0.3, -0.25) is 14.5 Å². The zero-order valence-corrected chi connectivity index (χ0v) is 19.0. The van der Waals surface area contributed by atoms with Crippen molar-refractivity contribution in [1.29, 1.82) is 5.26 Å². The third kappa shape index (κ3) is 5.01. The summed E-state index contributed by atoms with van der Waals surface area (Å²) in [5.41, 5.74) is 5.52. The van der Waals surface area contributed by atoms with Gasteiger partial charge in [0.2, 0.25) is 5.91 Å². The molecule has 2 atom stereocenters. The van der Waals surface area contributed by atoms with Crippen molar-refractivity contribution >= 4 is 23.2 Å². The van der Waals surface area contributed by atoms with Gasteiger partial charge in [-0.2, -0.15) is 5.26 Å². The first-order valence-corrected chi connectivity index (χ1v) is 11.6. The number of β-amino-alcohol motifs (C(OH)–C–C–N with tert-alkyl or cyclic N) is 1. The molecule has 0 spiro atoms. The molecule has 0 saturated carbocycles. The molecule has 2 N–H and O–H groups in total. The number of carbonyl (C=O) groups excluding carboxylic acids is 2. The van der Waals surface area contributed by atoms with Crippen LogP contribution in [0.2, 0.25) is 0 Å². The van der Waals surface area contributed by atoms with Crippen LogP contribution in [0.1, 0.15) is 33.6 Å². The summed E-state index contributed by atoms with van der Waals surface area (Å²) in [6.45, 7) is 2.36. The minimum Gasteiger partial charge on any atom is -0.392 e. The molecule has 2 aromatic carbocycles. The van der Waals surface area contributed by atoms with Crippen LogP contribution < -0.4 is 5.32 Å². The fourth-order valence-electron chi connectivity index (χ4n) is 3.98. The summed E-state index contributed by atoms with van der Waals surface area (Å²) in [6, 6.07) is 16.0. The van der Waals surface area contributed by atoms with Gasteiger partial charge in [-0.25, -0.2) is 4.98 Å². The molecule has 0 radical (unpaired) electrons. The minimum atomic E-state index is -0.633. The van der Waals surface area contributed by atoms with E-state index in [1.807, 2.05) is 31.2 Å². The molecule has 8 heteroatoms. The van der Waals surface area contributed by atoms with E-state index in [2.05, 4.69) is 16.4 Å². The van der Waals surface area contributed by atoms with Gasteiger partial charge in [0, 0.05) is 12.1 Å². The Kier molecular flexibility index (Phi) is 6.94. The van der Waals surface area contributed by atoms with Gasteiger partial charge in [-0.1, -0.05) is 42.5 Å². The Bertz CT molecular complexity index is 1200. The van der Waals surface area contributed by atoms with Gasteiger partial charge in [-0.05, 0) is 36.1 Å². The molecule has 2 amide bonds. The summed E-state index contributed by atoms with van der Waals surface area (Å²) >= 11 is 1.56. The predicted molar refractivity (Wildman–Crippen MR) is 125 cm³/mol.